The van der Waals surface area contributed by atoms with E-state index in [0.29, 0.717) is 17.1 Å². The van der Waals surface area contributed by atoms with Crippen molar-refractivity contribution in [2.75, 3.05) is 20.8 Å². The number of rotatable bonds is 3. The fourth-order valence-electron chi connectivity index (χ4n) is 2.56. The quantitative estimate of drug-likeness (QED) is 0.869. The second-order valence-corrected chi connectivity index (χ2v) is 4.68. The molecule has 1 heterocycles. The maximum Gasteiger partial charge on any atom is 0.173 e. The van der Waals surface area contributed by atoms with Gasteiger partial charge in [-0.15, -0.1) is 0 Å². The van der Waals surface area contributed by atoms with Crippen LogP contribution in [0, 0.1) is 5.82 Å². The van der Waals surface area contributed by atoms with Crippen molar-refractivity contribution in [2.24, 2.45) is 0 Å². The molecule has 0 spiro atoms. The highest BCUT2D eigenvalue weighted by Crippen LogP contribution is 2.45. The molecule has 1 atom stereocenters. The normalized spacial score (nSPS) is 23.1. The van der Waals surface area contributed by atoms with Crippen LogP contribution >= 0.6 is 0 Å². The van der Waals surface area contributed by atoms with Crippen LogP contribution in [0.15, 0.2) is 6.07 Å². The van der Waals surface area contributed by atoms with Crippen LogP contribution in [0.4, 0.5) is 4.39 Å². The Bertz CT molecular complexity index is 456. The Balaban J connectivity index is 2.66. The summed E-state index contributed by atoms with van der Waals surface area (Å²) in [5, 5.41) is 12.9. The van der Waals surface area contributed by atoms with E-state index in [-0.39, 0.29) is 0 Å². The van der Waals surface area contributed by atoms with Gasteiger partial charge in [-0.3, -0.25) is 0 Å². The van der Waals surface area contributed by atoms with Gasteiger partial charge < -0.3 is 19.9 Å². The molecule has 1 saturated heterocycles. The Kier molecular flexibility index (Phi) is 3.34. The minimum Gasteiger partial charge on any atom is -0.505 e. The van der Waals surface area contributed by atoms with Crippen LogP contribution < -0.4 is 14.8 Å². The summed E-state index contributed by atoms with van der Waals surface area (Å²) in [5.41, 5.74) is -0.207. The number of benzene rings is 1. The summed E-state index contributed by atoms with van der Waals surface area (Å²) in [4.78, 5) is 0. The van der Waals surface area contributed by atoms with Gasteiger partial charge in [0.25, 0.3) is 0 Å². The first kappa shape index (κ1) is 13.0. The predicted octanol–water partition coefficient (Wildman–Crippen LogP) is 2.15. The molecule has 2 rings (SSSR count). The van der Waals surface area contributed by atoms with Crippen molar-refractivity contribution in [1.82, 2.24) is 5.32 Å². The molecule has 1 aromatic rings. The molecule has 0 saturated carbocycles. The van der Waals surface area contributed by atoms with Crippen LogP contribution in [-0.4, -0.2) is 25.9 Å². The first-order valence-corrected chi connectivity index (χ1v) is 5.92. The molecule has 1 aliphatic rings. The summed E-state index contributed by atoms with van der Waals surface area (Å²) in [5.74, 6) is -0.395. The summed E-state index contributed by atoms with van der Waals surface area (Å²) in [6, 6.07) is 1.23. The molecule has 100 valence electrons. The lowest BCUT2D eigenvalue weighted by molar-refractivity contribution is 0.315. The molecule has 0 aliphatic carbocycles. The number of phenolic OH excluding ortho intramolecular Hbond substituents is 1. The van der Waals surface area contributed by atoms with Crippen LogP contribution in [-0.2, 0) is 5.54 Å². The van der Waals surface area contributed by atoms with E-state index in [1.165, 1.54) is 20.3 Å². The van der Waals surface area contributed by atoms with Crippen LogP contribution in [0.2, 0.25) is 0 Å². The van der Waals surface area contributed by atoms with E-state index in [4.69, 9.17) is 9.47 Å². The maximum absolute atomic E-state index is 14.2. The standard InChI is InChI=1S/C13H18FNO3/c1-13(5-4-6-15-13)10-11(14)8(16)7-9(17-2)12(10)18-3/h7,15-16H,4-6H2,1-3H3. The van der Waals surface area contributed by atoms with Gasteiger partial charge in [-0.25, -0.2) is 4.39 Å². The van der Waals surface area contributed by atoms with Crippen LogP contribution in [0.3, 0.4) is 0 Å². The zero-order valence-electron chi connectivity index (χ0n) is 10.8. The maximum atomic E-state index is 14.2. The monoisotopic (exact) mass is 255 g/mol. The highest BCUT2D eigenvalue weighted by atomic mass is 19.1. The first-order chi connectivity index (χ1) is 8.53. The fourth-order valence-corrected chi connectivity index (χ4v) is 2.56. The van der Waals surface area contributed by atoms with Gasteiger partial charge in [-0.05, 0) is 26.3 Å². The first-order valence-electron chi connectivity index (χ1n) is 5.92. The van der Waals surface area contributed by atoms with E-state index in [2.05, 4.69) is 5.32 Å². The molecule has 1 unspecified atom stereocenters. The molecule has 0 aromatic heterocycles. The van der Waals surface area contributed by atoms with Crippen LogP contribution in [0.5, 0.6) is 17.2 Å². The Labute approximate surface area is 106 Å². The molecule has 1 fully saturated rings. The largest absolute Gasteiger partial charge is 0.505 e. The number of phenols is 1. The molecule has 1 aromatic carbocycles. The molecule has 18 heavy (non-hydrogen) atoms. The summed E-state index contributed by atoms with van der Waals surface area (Å²) in [6.45, 7) is 2.72. The van der Waals surface area contributed by atoms with Crippen molar-refractivity contribution < 1.29 is 19.0 Å². The van der Waals surface area contributed by atoms with Gasteiger partial charge >= 0.3 is 0 Å². The van der Waals surface area contributed by atoms with Crippen LogP contribution in [0.25, 0.3) is 0 Å². The Hall–Kier alpha value is -1.49. The molecule has 0 bridgehead atoms. The van der Waals surface area contributed by atoms with Crippen molar-refractivity contribution in [1.29, 1.82) is 0 Å². The van der Waals surface area contributed by atoms with Crippen LogP contribution in [0.1, 0.15) is 25.3 Å². The molecular formula is C13H18FNO3. The summed E-state index contributed by atoms with van der Waals surface area (Å²) < 4.78 is 24.6. The number of halogens is 1. The number of ether oxygens (including phenoxy) is 2. The number of nitrogens with one attached hydrogen (secondary N) is 1. The lowest BCUT2D eigenvalue weighted by Gasteiger charge is -2.28. The summed E-state index contributed by atoms with van der Waals surface area (Å²) in [6.07, 6.45) is 1.74. The molecule has 1 aliphatic heterocycles. The zero-order valence-corrected chi connectivity index (χ0v) is 10.8. The highest BCUT2D eigenvalue weighted by Gasteiger charge is 2.38. The topological polar surface area (TPSA) is 50.7 Å². The number of hydrogen-bond acceptors (Lipinski definition) is 4. The zero-order chi connectivity index (χ0) is 13.3. The van der Waals surface area contributed by atoms with Gasteiger partial charge in [0, 0.05) is 11.6 Å². The summed E-state index contributed by atoms with van der Waals surface area (Å²) >= 11 is 0. The Morgan fingerprint density at radius 1 is 1.39 bits per heavy atom. The number of aromatic hydroxyl groups is 1. The molecular weight excluding hydrogens is 237 g/mol. The van der Waals surface area contributed by atoms with Gasteiger partial charge in [0.2, 0.25) is 0 Å². The lowest BCUT2D eigenvalue weighted by atomic mass is 9.88. The molecule has 4 nitrogen and oxygen atoms in total. The van der Waals surface area contributed by atoms with Gasteiger partial charge in [0.05, 0.1) is 19.8 Å². The minimum atomic E-state index is -0.649. The third kappa shape index (κ3) is 1.88. The van der Waals surface area contributed by atoms with Gasteiger partial charge in [-0.1, -0.05) is 0 Å². The molecule has 0 radical (unpaired) electrons. The van der Waals surface area contributed by atoms with Crippen molar-refractivity contribution in [3.05, 3.63) is 17.4 Å². The second kappa shape index (κ2) is 4.65. The third-order valence-electron chi connectivity index (χ3n) is 3.51. The lowest BCUT2D eigenvalue weighted by Crippen LogP contribution is -2.34. The van der Waals surface area contributed by atoms with Gasteiger partial charge in [0.1, 0.15) is 0 Å². The van der Waals surface area contributed by atoms with E-state index in [1.54, 1.807) is 0 Å². The summed E-state index contributed by atoms with van der Waals surface area (Å²) in [7, 11) is 2.93. The van der Waals surface area contributed by atoms with Crippen molar-refractivity contribution in [2.45, 2.75) is 25.3 Å². The average Bonchev–Trinajstić information content (AvgIpc) is 2.79. The van der Waals surface area contributed by atoms with E-state index < -0.39 is 17.1 Å². The number of methoxy groups -OCH3 is 2. The fraction of sp³-hybridized carbons (Fsp3) is 0.538. The van der Waals surface area contributed by atoms with Crippen molar-refractivity contribution >= 4 is 0 Å². The minimum absolute atomic E-state index is 0.333. The highest BCUT2D eigenvalue weighted by molar-refractivity contribution is 5.55. The van der Waals surface area contributed by atoms with Gasteiger partial charge in [-0.2, -0.15) is 0 Å². The predicted molar refractivity (Wildman–Crippen MR) is 65.8 cm³/mol. The smallest absolute Gasteiger partial charge is 0.173 e. The van der Waals surface area contributed by atoms with Gasteiger partial charge in [0.15, 0.2) is 23.1 Å². The molecule has 2 N–H and O–H groups in total. The molecule has 0 amide bonds. The SMILES string of the molecule is COc1cc(O)c(F)c(C2(C)CCCN2)c1OC. The van der Waals surface area contributed by atoms with Crippen molar-refractivity contribution in [3.63, 3.8) is 0 Å². The second-order valence-electron chi connectivity index (χ2n) is 4.68. The Morgan fingerprint density at radius 2 is 2.11 bits per heavy atom. The van der Waals surface area contributed by atoms with Crippen molar-refractivity contribution in [3.8, 4) is 17.2 Å². The molecule has 5 heteroatoms. The van der Waals surface area contributed by atoms with E-state index in [1.807, 2.05) is 6.92 Å². The third-order valence-corrected chi connectivity index (χ3v) is 3.51. The van der Waals surface area contributed by atoms with E-state index in [0.717, 1.165) is 19.4 Å². The van der Waals surface area contributed by atoms with E-state index >= 15 is 0 Å². The van der Waals surface area contributed by atoms with E-state index in [9.17, 15) is 9.50 Å². The average molecular weight is 255 g/mol. The Morgan fingerprint density at radius 3 is 2.61 bits per heavy atom. The number of hydrogen-bond donors (Lipinski definition) is 2.